The summed E-state index contributed by atoms with van der Waals surface area (Å²) >= 11 is 0. The van der Waals surface area contributed by atoms with Crippen molar-refractivity contribution in [3.05, 3.63) is 0 Å². The van der Waals surface area contributed by atoms with Crippen molar-refractivity contribution in [2.45, 2.75) is 96.2 Å². The largest absolute Gasteiger partial charge is 0.393 e. The molecular weight excluding hydrogens is 224 g/mol. The molecule has 18 heavy (non-hydrogen) atoms. The molecule has 1 aliphatic carbocycles. The summed E-state index contributed by atoms with van der Waals surface area (Å²) < 4.78 is 0. The number of hydrogen-bond donors (Lipinski definition) is 2. The van der Waals surface area contributed by atoms with Crippen molar-refractivity contribution in [1.29, 1.82) is 0 Å². The molecule has 1 saturated carbocycles. The molecule has 0 heterocycles. The second-order valence-corrected chi connectivity index (χ2v) is 6.31. The fourth-order valence-electron chi connectivity index (χ4n) is 3.13. The summed E-state index contributed by atoms with van der Waals surface area (Å²) in [6, 6.07) is 0. The lowest BCUT2D eigenvalue weighted by Gasteiger charge is -2.36. The van der Waals surface area contributed by atoms with E-state index in [1.165, 1.54) is 44.9 Å². The van der Waals surface area contributed by atoms with Gasteiger partial charge in [0.1, 0.15) is 0 Å². The van der Waals surface area contributed by atoms with Gasteiger partial charge in [-0.1, -0.05) is 64.7 Å². The topological polar surface area (TPSA) is 40.5 Å². The smallest absolute Gasteiger partial charge is 0.0697 e. The van der Waals surface area contributed by atoms with Crippen LogP contribution in [0.3, 0.4) is 0 Å². The Morgan fingerprint density at radius 2 is 1.06 bits per heavy atom. The second-order valence-electron chi connectivity index (χ2n) is 6.31. The minimum atomic E-state index is -0.645. The molecule has 0 aromatic carbocycles. The lowest BCUT2D eigenvalue weighted by molar-refractivity contribution is -0.0727. The highest BCUT2D eigenvalue weighted by molar-refractivity contribution is 4.86. The summed E-state index contributed by atoms with van der Waals surface area (Å²) in [4.78, 5) is 0. The van der Waals surface area contributed by atoms with Gasteiger partial charge in [0.05, 0.1) is 11.7 Å². The summed E-state index contributed by atoms with van der Waals surface area (Å²) in [5.74, 6) is -0.0135. The zero-order valence-electron chi connectivity index (χ0n) is 12.3. The third-order valence-corrected chi connectivity index (χ3v) is 4.79. The number of aliphatic hydroxyl groups is 2. The Hall–Kier alpha value is -0.0800. The van der Waals surface area contributed by atoms with Crippen LogP contribution in [0.4, 0.5) is 0 Å². The molecule has 1 fully saturated rings. The Labute approximate surface area is 113 Å². The summed E-state index contributed by atoms with van der Waals surface area (Å²) in [5, 5.41) is 20.6. The highest BCUT2D eigenvalue weighted by atomic mass is 16.3. The molecule has 0 amide bonds. The van der Waals surface area contributed by atoms with Crippen molar-refractivity contribution >= 4 is 0 Å². The Morgan fingerprint density at radius 1 is 0.722 bits per heavy atom. The standard InChI is InChI=1S/C16H32O2/c1-14(15(2)17)16(18)12-10-8-6-4-3-5-7-9-11-13-16/h14-15,17-18H,3-13H2,1-2H3. The van der Waals surface area contributed by atoms with Crippen LogP contribution in [0, 0.1) is 5.92 Å². The molecule has 2 heteroatoms. The fraction of sp³-hybridized carbons (Fsp3) is 1.00. The number of rotatable bonds is 2. The maximum absolute atomic E-state index is 10.8. The molecule has 2 nitrogen and oxygen atoms in total. The average molecular weight is 256 g/mol. The fourth-order valence-corrected chi connectivity index (χ4v) is 3.13. The summed E-state index contributed by atoms with van der Waals surface area (Å²) in [6.07, 6.45) is 12.7. The van der Waals surface area contributed by atoms with Crippen LogP contribution < -0.4 is 0 Å². The zero-order chi connectivity index (χ0) is 13.4. The zero-order valence-corrected chi connectivity index (χ0v) is 12.3. The number of hydrogen-bond acceptors (Lipinski definition) is 2. The Morgan fingerprint density at radius 3 is 1.39 bits per heavy atom. The first-order valence-electron chi connectivity index (χ1n) is 7.97. The molecule has 0 spiro atoms. The lowest BCUT2D eigenvalue weighted by atomic mass is 9.77. The lowest BCUT2D eigenvalue weighted by Crippen LogP contribution is -2.41. The Balaban J connectivity index is 2.54. The van der Waals surface area contributed by atoms with Crippen molar-refractivity contribution in [3.63, 3.8) is 0 Å². The van der Waals surface area contributed by atoms with Gasteiger partial charge in [0.15, 0.2) is 0 Å². The molecule has 108 valence electrons. The Kier molecular flexibility index (Phi) is 7.25. The van der Waals surface area contributed by atoms with Crippen LogP contribution in [0.5, 0.6) is 0 Å². The first-order chi connectivity index (χ1) is 8.56. The molecule has 2 atom stereocenters. The van der Waals surface area contributed by atoms with Crippen molar-refractivity contribution in [2.24, 2.45) is 5.92 Å². The van der Waals surface area contributed by atoms with Gasteiger partial charge in [-0.3, -0.25) is 0 Å². The molecule has 2 unspecified atom stereocenters. The van der Waals surface area contributed by atoms with E-state index in [4.69, 9.17) is 0 Å². The Bertz CT molecular complexity index is 201. The van der Waals surface area contributed by atoms with E-state index >= 15 is 0 Å². The van der Waals surface area contributed by atoms with E-state index in [1.807, 2.05) is 6.92 Å². The van der Waals surface area contributed by atoms with E-state index in [1.54, 1.807) is 6.92 Å². The minimum absolute atomic E-state index is 0.0135. The van der Waals surface area contributed by atoms with Gasteiger partial charge in [-0.2, -0.15) is 0 Å². The van der Waals surface area contributed by atoms with Crippen LogP contribution in [0.15, 0.2) is 0 Å². The van der Waals surface area contributed by atoms with Crippen molar-refractivity contribution < 1.29 is 10.2 Å². The van der Waals surface area contributed by atoms with Gasteiger partial charge in [-0.15, -0.1) is 0 Å². The van der Waals surface area contributed by atoms with E-state index in [-0.39, 0.29) is 5.92 Å². The maximum atomic E-state index is 10.8. The average Bonchev–Trinajstić information content (AvgIpc) is 2.32. The first-order valence-corrected chi connectivity index (χ1v) is 7.97. The molecule has 0 saturated heterocycles. The van der Waals surface area contributed by atoms with Gasteiger partial charge in [0, 0.05) is 5.92 Å². The SMILES string of the molecule is CC(O)C(C)C1(O)CCCCCCCCCCC1. The highest BCUT2D eigenvalue weighted by Crippen LogP contribution is 2.32. The monoisotopic (exact) mass is 256 g/mol. The van der Waals surface area contributed by atoms with Gasteiger partial charge in [-0.05, 0) is 19.8 Å². The predicted molar refractivity (Wildman–Crippen MR) is 76.6 cm³/mol. The van der Waals surface area contributed by atoms with Crippen LogP contribution in [-0.4, -0.2) is 21.9 Å². The van der Waals surface area contributed by atoms with E-state index in [2.05, 4.69) is 0 Å². The van der Waals surface area contributed by atoms with Crippen LogP contribution in [0.1, 0.15) is 84.5 Å². The van der Waals surface area contributed by atoms with Gasteiger partial charge in [-0.25, -0.2) is 0 Å². The molecule has 0 aromatic rings. The quantitative estimate of drug-likeness (QED) is 0.783. The highest BCUT2D eigenvalue weighted by Gasteiger charge is 2.35. The van der Waals surface area contributed by atoms with Crippen LogP contribution in [0.25, 0.3) is 0 Å². The molecule has 0 bridgehead atoms. The molecule has 0 aliphatic heterocycles. The third kappa shape index (κ3) is 5.27. The minimum Gasteiger partial charge on any atom is -0.393 e. The van der Waals surface area contributed by atoms with E-state index in [0.717, 1.165) is 25.7 Å². The van der Waals surface area contributed by atoms with Gasteiger partial charge in [0.25, 0.3) is 0 Å². The second kappa shape index (κ2) is 8.16. The van der Waals surface area contributed by atoms with Crippen molar-refractivity contribution in [3.8, 4) is 0 Å². The molecular formula is C16H32O2. The third-order valence-electron chi connectivity index (χ3n) is 4.79. The summed E-state index contributed by atoms with van der Waals surface area (Å²) in [6.45, 7) is 3.80. The summed E-state index contributed by atoms with van der Waals surface area (Å²) in [7, 11) is 0. The van der Waals surface area contributed by atoms with Gasteiger partial charge >= 0.3 is 0 Å². The normalized spacial score (nSPS) is 26.7. The summed E-state index contributed by atoms with van der Waals surface area (Å²) in [5.41, 5.74) is -0.645. The predicted octanol–water partition coefficient (Wildman–Crippen LogP) is 4.04. The maximum Gasteiger partial charge on any atom is 0.0697 e. The molecule has 2 N–H and O–H groups in total. The molecule has 0 aromatic heterocycles. The van der Waals surface area contributed by atoms with Gasteiger partial charge in [0.2, 0.25) is 0 Å². The first kappa shape index (κ1) is 16.0. The van der Waals surface area contributed by atoms with Crippen molar-refractivity contribution in [2.75, 3.05) is 0 Å². The molecule has 1 aliphatic rings. The molecule has 0 radical (unpaired) electrons. The van der Waals surface area contributed by atoms with Crippen molar-refractivity contribution in [1.82, 2.24) is 0 Å². The van der Waals surface area contributed by atoms with Crippen LogP contribution in [-0.2, 0) is 0 Å². The van der Waals surface area contributed by atoms with E-state index in [9.17, 15) is 10.2 Å². The number of aliphatic hydroxyl groups excluding tert-OH is 1. The van der Waals surface area contributed by atoms with Gasteiger partial charge < -0.3 is 10.2 Å². The molecule has 1 rings (SSSR count). The van der Waals surface area contributed by atoms with E-state index < -0.39 is 11.7 Å². The van der Waals surface area contributed by atoms with Crippen LogP contribution in [0.2, 0.25) is 0 Å². The van der Waals surface area contributed by atoms with Crippen LogP contribution >= 0.6 is 0 Å². The van der Waals surface area contributed by atoms with E-state index in [0.29, 0.717) is 0 Å².